The van der Waals surface area contributed by atoms with Crippen molar-refractivity contribution in [2.45, 2.75) is 6.18 Å². The van der Waals surface area contributed by atoms with Gasteiger partial charge in [-0.3, -0.25) is 0 Å². The van der Waals surface area contributed by atoms with E-state index in [0.29, 0.717) is 6.07 Å². The summed E-state index contributed by atoms with van der Waals surface area (Å²) in [6, 6.07) is 1.86. The third kappa shape index (κ3) is 2.23. The number of nitrogens with two attached hydrogens (primary N) is 1. The first-order valence-corrected chi connectivity index (χ1v) is 4.22. The van der Waals surface area contributed by atoms with Gasteiger partial charge in [-0.1, -0.05) is 0 Å². The molecule has 0 spiro atoms. The van der Waals surface area contributed by atoms with Crippen molar-refractivity contribution in [2.24, 2.45) is 0 Å². The van der Waals surface area contributed by atoms with Crippen LogP contribution in [0.25, 0.3) is 0 Å². The quantitative estimate of drug-likeness (QED) is 0.445. The second kappa shape index (κ2) is 3.32. The number of nitrogen functional groups attached to an aromatic ring is 1. The molecule has 0 aliphatic heterocycles. The Bertz CT molecular complexity index is 334. The van der Waals surface area contributed by atoms with Crippen molar-refractivity contribution in [2.75, 3.05) is 5.73 Å². The average molecular weight is 305 g/mol. The van der Waals surface area contributed by atoms with Gasteiger partial charge in [-0.25, -0.2) is 4.39 Å². The molecule has 0 bridgehead atoms. The van der Waals surface area contributed by atoms with E-state index in [1.165, 1.54) is 0 Å². The van der Waals surface area contributed by atoms with Crippen LogP contribution in [0.15, 0.2) is 12.1 Å². The maximum atomic E-state index is 12.8. The first kappa shape index (κ1) is 10.6. The summed E-state index contributed by atoms with van der Waals surface area (Å²) >= 11 is 1.64. The third-order valence-electron chi connectivity index (χ3n) is 1.37. The Hall–Kier alpha value is -0.530. The molecule has 1 rings (SSSR count). The summed E-state index contributed by atoms with van der Waals surface area (Å²) < 4.78 is 49.4. The number of alkyl halides is 3. The number of hydrogen-bond acceptors (Lipinski definition) is 1. The molecule has 0 radical (unpaired) electrons. The minimum absolute atomic E-state index is 0.254. The van der Waals surface area contributed by atoms with Crippen LogP contribution in [0.5, 0.6) is 0 Å². The summed E-state index contributed by atoms with van der Waals surface area (Å²) in [5.74, 6) is -1.41. The van der Waals surface area contributed by atoms with E-state index in [-0.39, 0.29) is 3.57 Å². The largest absolute Gasteiger partial charge is 0.419 e. The Morgan fingerprint density at radius 2 is 1.77 bits per heavy atom. The molecule has 0 unspecified atom stereocenters. The normalized spacial score (nSPS) is 11.8. The van der Waals surface area contributed by atoms with E-state index >= 15 is 0 Å². The van der Waals surface area contributed by atoms with Gasteiger partial charge in [-0.2, -0.15) is 13.2 Å². The molecule has 2 N–H and O–H groups in total. The molecule has 0 saturated heterocycles. The molecule has 0 amide bonds. The molecule has 1 nitrogen and oxygen atoms in total. The van der Waals surface area contributed by atoms with Gasteiger partial charge >= 0.3 is 6.18 Å². The van der Waals surface area contributed by atoms with Crippen LogP contribution in [0.4, 0.5) is 23.2 Å². The molecule has 0 saturated carbocycles. The minimum Gasteiger partial charge on any atom is -0.396 e. The van der Waals surface area contributed by atoms with Crippen molar-refractivity contribution in [1.82, 2.24) is 0 Å². The Labute approximate surface area is 85.1 Å². The highest BCUT2D eigenvalue weighted by Gasteiger charge is 2.35. The summed E-state index contributed by atoms with van der Waals surface area (Å²) in [5.41, 5.74) is 3.23. The predicted octanol–water partition coefficient (Wildman–Crippen LogP) is 3.03. The summed E-state index contributed by atoms with van der Waals surface area (Å²) in [6.45, 7) is 0. The molecule has 72 valence electrons. The molecule has 0 aliphatic rings. The zero-order valence-electron chi connectivity index (χ0n) is 6.12. The first-order chi connectivity index (χ1) is 5.82. The van der Waals surface area contributed by atoms with E-state index in [2.05, 4.69) is 0 Å². The van der Waals surface area contributed by atoms with Crippen molar-refractivity contribution < 1.29 is 17.6 Å². The van der Waals surface area contributed by atoms with E-state index < -0.39 is 23.2 Å². The van der Waals surface area contributed by atoms with E-state index in [9.17, 15) is 17.6 Å². The Morgan fingerprint density at radius 3 is 2.23 bits per heavy atom. The highest BCUT2D eigenvalue weighted by molar-refractivity contribution is 14.1. The standard InChI is InChI=1S/C7H4F4IN/c8-6-4(7(9,10)11)1-3(12)2-5(6)13/h1-2H,13H2. The predicted molar refractivity (Wildman–Crippen MR) is 48.5 cm³/mol. The van der Waals surface area contributed by atoms with Gasteiger partial charge in [-0.05, 0) is 34.7 Å². The Morgan fingerprint density at radius 1 is 1.23 bits per heavy atom. The summed E-state index contributed by atoms with van der Waals surface area (Å²) in [6.07, 6.45) is -4.70. The lowest BCUT2D eigenvalue weighted by atomic mass is 10.2. The number of benzene rings is 1. The maximum Gasteiger partial charge on any atom is 0.419 e. The summed E-state index contributed by atoms with van der Waals surface area (Å²) in [5, 5.41) is 0. The fourth-order valence-electron chi connectivity index (χ4n) is 0.817. The monoisotopic (exact) mass is 305 g/mol. The Balaban J connectivity index is 3.37. The fourth-order valence-corrected chi connectivity index (χ4v) is 1.46. The maximum absolute atomic E-state index is 12.8. The van der Waals surface area contributed by atoms with Crippen molar-refractivity contribution in [1.29, 1.82) is 0 Å². The molecule has 0 heterocycles. The lowest BCUT2D eigenvalue weighted by Crippen LogP contribution is -2.10. The smallest absolute Gasteiger partial charge is 0.396 e. The van der Waals surface area contributed by atoms with Crippen LogP contribution in [0.3, 0.4) is 0 Å². The van der Waals surface area contributed by atoms with Crippen molar-refractivity contribution in [3.05, 3.63) is 27.1 Å². The van der Waals surface area contributed by atoms with Crippen LogP contribution in [-0.2, 0) is 6.18 Å². The molecule has 1 aromatic rings. The molecule has 0 fully saturated rings. The second-order valence-electron chi connectivity index (χ2n) is 2.35. The number of halogens is 5. The van der Waals surface area contributed by atoms with Gasteiger partial charge < -0.3 is 5.73 Å². The fraction of sp³-hybridized carbons (Fsp3) is 0.143. The van der Waals surface area contributed by atoms with Gasteiger partial charge in [0.05, 0.1) is 11.3 Å². The van der Waals surface area contributed by atoms with Gasteiger partial charge in [0.1, 0.15) is 0 Å². The van der Waals surface area contributed by atoms with Crippen LogP contribution in [0.2, 0.25) is 0 Å². The number of rotatable bonds is 0. The van der Waals surface area contributed by atoms with Gasteiger partial charge in [0.25, 0.3) is 0 Å². The molecule has 0 atom stereocenters. The SMILES string of the molecule is Nc1cc(I)cc(C(F)(F)F)c1F. The molecule has 13 heavy (non-hydrogen) atoms. The van der Waals surface area contributed by atoms with E-state index in [1.54, 1.807) is 22.6 Å². The molecule has 1 aromatic carbocycles. The summed E-state index contributed by atoms with van der Waals surface area (Å²) in [7, 11) is 0. The molecule has 0 aliphatic carbocycles. The third-order valence-corrected chi connectivity index (χ3v) is 1.99. The van der Waals surface area contributed by atoms with Gasteiger partial charge in [-0.15, -0.1) is 0 Å². The van der Waals surface area contributed by atoms with E-state index in [1.807, 2.05) is 0 Å². The van der Waals surface area contributed by atoms with Crippen LogP contribution in [0.1, 0.15) is 5.56 Å². The molecule has 0 aromatic heterocycles. The Kier molecular flexibility index (Phi) is 2.69. The number of anilines is 1. The second-order valence-corrected chi connectivity index (χ2v) is 3.60. The van der Waals surface area contributed by atoms with Crippen molar-refractivity contribution in [3.63, 3.8) is 0 Å². The van der Waals surface area contributed by atoms with Crippen molar-refractivity contribution >= 4 is 28.3 Å². The first-order valence-electron chi connectivity index (χ1n) is 3.14. The van der Waals surface area contributed by atoms with Crippen LogP contribution in [0, 0.1) is 9.39 Å². The van der Waals surface area contributed by atoms with Crippen LogP contribution < -0.4 is 5.73 Å². The van der Waals surface area contributed by atoms with Gasteiger partial charge in [0, 0.05) is 3.57 Å². The zero-order chi connectivity index (χ0) is 10.2. The minimum atomic E-state index is -4.70. The average Bonchev–Trinajstić information content (AvgIpc) is 1.94. The van der Waals surface area contributed by atoms with Crippen molar-refractivity contribution in [3.8, 4) is 0 Å². The highest BCUT2D eigenvalue weighted by Crippen LogP contribution is 2.34. The molecule has 6 heteroatoms. The lowest BCUT2D eigenvalue weighted by Gasteiger charge is -2.09. The number of hydrogen-bond donors (Lipinski definition) is 1. The van der Waals surface area contributed by atoms with Gasteiger partial charge in [0.15, 0.2) is 5.82 Å². The highest BCUT2D eigenvalue weighted by atomic mass is 127. The van der Waals surface area contributed by atoms with E-state index in [0.717, 1.165) is 6.07 Å². The van der Waals surface area contributed by atoms with Crippen LogP contribution in [-0.4, -0.2) is 0 Å². The molecular formula is C7H4F4IN. The van der Waals surface area contributed by atoms with E-state index in [4.69, 9.17) is 5.73 Å². The molecular weight excluding hydrogens is 301 g/mol. The zero-order valence-corrected chi connectivity index (χ0v) is 8.28. The lowest BCUT2D eigenvalue weighted by molar-refractivity contribution is -0.139. The summed E-state index contributed by atoms with van der Waals surface area (Å²) in [4.78, 5) is 0. The topological polar surface area (TPSA) is 26.0 Å². The van der Waals surface area contributed by atoms with Crippen LogP contribution >= 0.6 is 22.6 Å². The van der Waals surface area contributed by atoms with Gasteiger partial charge in [0.2, 0.25) is 0 Å².